The van der Waals surface area contributed by atoms with Crippen molar-refractivity contribution >= 4 is 0 Å². The molecule has 0 spiro atoms. The van der Waals surface area contributed by atoms with Crippen LogP contribution < -0.4 is 5.32 Å². The first kappa shape index (κ1) is 8.23. The molecule has 2 heterocycles. The summed E-state index contributed by atoms with van der Waals surface area (Å²) in [6.45, 7) is 0.365. The Morgan fingerprint density at radius 1 is 1.67 bits per heavy atom. The van der Waals surface area contributed by atoms with Gasteiger partial charge in [-0.05, 0) is 25.3 Å². The number of fused-ring (bicyclic) bond motifs is 2. The molecule has 0 aromatic carbocycles. The molecule has 2 rings (SSSR count). The van der Waals surface area contributed by atoms with Gasteiger partial charge in [-0.25, -0.2) is 0 Å². The Morgan fingerprint density at radius 2 is 2.58 bits per heavy atom. The van der Waals surface area contributed by atoms with E-state index in [2.05, 4.69) is 17.5 Å². The van der Waals surface area contributed by atoms with Crippen molar-refractivity contribution in [1.29, 1.82) is 0 Å². The van der Waals surface area contributed by atoms with Crippen molar-refractivity contribution in [3.05, 3.63) is 12.2 Å². The monoisotopic (exact) mass is 169 g/mol. The molecule has 0 aromatic rings. The van der Waals surface area contributed by atoms with E-state index in [1.54, 1.807) is 7.11 Å². The van der Waals surface area contributed by atoms with Crippen LogP contribution in [0.3, 0.4) is 0 Å². The van der Waals surface area contributed by atoms with Crippen LogP contribution in [0.1, 0.15) is 19.3 Å². The van der Waals surface area contributed by atoms with E-state index in [1.165, 1.54) is 6.42 Å². The first-order chi connectivity index (χ1) is 5.85. The van der Waals surface area contributed by atoms with Crippen molar-refractivity contribution in [1.82, 2.24) is 5.32 Å². The van der Waals surface area contributed by atoms with Crippen molar-refractivity contribution in [3.8, 4) is 0 Å². The Kier molecular flexibility index (Phi) is 2.17. The van der Waals surface area contributed by atoms with Crippen LogP contribution in [0, 0.1) is 0 Å². The van der Waals surface area contributed by atoms with E-state index in [9.17, 15) is 0 Å². The summed E-state index contributed by atoms with van der Waals surface area (Å²) in [5, 5.41) is 3.45. The number of rotatable bonds is 3. The summed E-state index contributed by atoms with van der Waals surface area (Å²) in [6.07, 6.45) is 7.73. The van der Waals surface area contributed by atoms with Crippen molar-refractivity contribution < 1.29 is 9.47 Å². The third-order valence-electron chi connectivity index (χ3n) is 2.55. The fourth-order valence-corrected chi connectivity index (χ4v) is 1.94. The Labute approximate surface area is 72.7 Å². The highest BCUT2D eigenvalue weighted by Crippen LogP contribution is 2.31. The first-order valence-electron chi connectivity index (χ1n) is 4.43. The summed E-state index contributed by atoms with van der Waals surface area (Å²) in [5.74, 6) is 0. The largest absolute Gasteiger partial charge is 0.359 e. The second kappa shape index (κ2) is 3.17. The third kappa shape index (κ3) is 1.40. The SMILES string of the molecule is COCOC12C=CCC(CC1)N2. The lowest BCUT2D eigenvalue weighted by atomic mass is 10.1. The van der Waals surface area contributed by atoms with Crippen LogP contribution in [0.5, 0.6) is 0 Å². The zero-order chi connectivity index (χ0) is 8.44. The predicted molar refractivity (Wildman–Crippen MR) is 45.6 cm³/mol. The minimum absolute atomic E-state index is 0.209. The van der Waals surface area contributed by atoms with E-state index >= 15 is 0 Å². The molecule has 3 nitrogen and oxygen atoms in total. The van der Waals surface area contributed by atoms with Gasteiger partial charge in [0.05, 0.1) is 0 Å². The van der Waals surface area contributed by atoms with Crippen LogP contribution in [0.2, 0.25) is 0 Å². The predicted octanol–water partition coefficient (Wildman–Crippen LogP) is 1.02. The molecular weight excluding hydrogens is 154 g/mol. The van der Waals surface area contributed by atoms with E-state index in [0.717, 1.165) is 12.8 Å². The second-order valence-corrected chi connectivity index (χ2v) is 3.46. The molecule has 1 fully saturated rings. The van der Waals surface area contributed by atoms with Crippen LogP contribution in [-0.4, -0.2) is 25.7 Å². The molecule has 0 amide bonds. The second-order valence-electron chi connectivity index (χ2n) is 3.46. The van der Waals surface area contributed by atoms with Crippen LogP contribution in [0.4, 0.5) is 0 Å². The molecule has 2 aliphatic rings. The smallest absolute Gasteiger partial charge is 0.149 e. The van der Waals surface area contributed by atoms with Gasteiger partial charge < -0.3 is 9.47 Å². The van der Waals surface area contributed by atoms with Crippen molar-refractivity contribution in [3.63, 3.8) is 0 Å². The number of methoxy groups -OCH3 is 1. The highest BCUT2D eigenvalue weighted by molar-refractivity contribution is 5.12. The van der Waals surface area contributed by atoms with Gasteiger partial charge >= 0.3 is 0 Å². The number of ether oxygens (including phenoxy) is 2. The maximum Gasteiger partial charge on any atom is 0.149 e. The minimum atomic E-state index is -0.209. The van der Waals surface area contributed by atoms with Gasteiger partial charge in [0.2, 0.25) is 0 Å². The van der Waals surface area contributed by atoms with Gasteiger partial charge in [0.1, 0.15) is 12.5 Å². The molecule has 0 radical (unpaired) electrons. The standard InChI is InChI=1S/C9H15NO2/c1-11-7-12-9-5-2-3-8(10-9)4-6-9/h2,5,8,10H,3-4,6-7H2,1H3. The van der Waals surface area contributed by atoms with E-state index in [4.69, 9.17) is 9.47 Å². The van der Waals surface area contributed by atoms with Gasteiger partial charge in [-0.1, -0.05) is 6.08 Å². The normalized spacial score (nSPS) is 38.9. The lowest BCUT2D eigenvalue weighted by molar-refractivity contribution is -0.117. The maximum atomic E-state index is 5.59. The molecule has 2 unspecified atom stereocenters. The fraction of sp³-hybridized carbons (Fsp3) is 0.778. The Hall–Kier alpha value is -0.380. The Bertz CT molecular complexity index is 193. The average Bonchev–Trinajstić information content (AvgIpc) is 2.40. The zero-order valence-corrected chi connectivity index (χ0v) is 7.38. The summed E-state index contributed by atoms with van der Waals surface area (Å²) in [4.78, 5) is 0. The van der Waals surface area contributed by atoms with Gasteiger partial charge in [0, 0.05) is 13.2 Å². The molecule has 12 heavy (non-hydrogen) atoms. The van der Waals surface area contributed by atoms with Crippen LogP contribution in [0.15, 0.2) is 12.2 Å². The van der Waals surface area contributed by atoms with Gasteiger partial charge in [-0.3, -0.25) is 5.32 Å². The molecule has 3 heteroatoms. The van der Waals surface area contributed by atoms with Crippen LogP contribution >= 0.6 is 0 Å². The van der Waals surface area contributed by atoms with Crippen LogP contribution in [-0.2, 0) is 9.47 Å². The molecule has 1 saturated heterocycles. The Morgan fingerprint density at radius 3 is 3.42 bits per heavy atom. The number of nitrogens with one attached hydrogen (secondary N) is 1. The molecule has 2 aliphatic heterocycles. The van der Waals surface area contributed by atoms with Crippen molar-refractivity contribution in [2.24, 2.45) is 0 Å². The molecule has 2 bridgehead atoms. The van der Waals surface area contributed by atoms with E-state index in [0.29, 0.717) is 12.8 Å². The van der Waals surface area contributed by atoms with E-state index in [-0.39, 0.29) is 5.72 Å². The summed E-state index contributed by atoms with van der Waals surface area (Å²) >= 11 is 0. The van der Waals surface area contributed by atoms with E-state index < -0.39 is 0 Å². The fourth-order valence-electron chi connectivity index (χ4n) is 1.94. The average molecular weight is 169 g/mol. The van der Waals surface area contributed by atoms with Gasteiger partial charge in [-0.15, -0.1) is 0 Å². The number of hydrogen-bond acceptors (Lipinski definition) is 3. The molecule has 0 aromatic heterocycles. The van der Waals surface area contributed by atoms with Crippen molar-refractivity contribution in [2.45, 2.75) is 31.0 Å². The molecule has 1 N–H and O–H groups in total. The van der Waals surface area contributed by atoms with Crippen molar-refractivity contribution in [2.75, 3.05) is 13.9 Å². The number of hydrogen-bond donors (Lipinski definition) is 1. The first-order valence-corrected chi connectivity index (χ1v) is 4.43. The van der Waals surface area contributed by atoms with Gasteiger partial charge in [0.15, 0.2) is 0 Å². The van der Waals surface area contributed by atoms with Gasteiger partial charge in [0.25, 0.3) is 0 Å². The highest BCUT2D eigenvalue weighted by Gasteiger charge is 2.39. The lowest BCUT2D eigenvalue weighted by Crippen LogP contribution is -2.46. The molecular formula is C9H15NO2. The quantitative estimate of drug-likeness (QED) is 0.505. The van der Waals surface area contributed by atoms with Gasteiger partial charge in [-0.2, -0.15) is 0 Å². The summed E-state index contributed by atoms with van der Waals surface area (Å²) in [7, 11) is 1.65. The third-order valence-corrected chi connectivity index (χ3v) is 2.55. The molecule has 0 saturated carbocycles. The Balaban J connectivity index is 1.99. The minimum Gasteiger partial charge on any atom is -0.359 e. The lowest BCUT2D eigenvalue weighted by Gasteiger charge is -2.29. The topological polar surface area (TPSA) is 30.5 Å². The highest BCUT2D eigenvalue weighted by atomic mass is 16.7. The molecule has 68 valence electrons. The van der Waals surface area contributed by atoms with Crippen LogP contribution in [0.25, 0.3) is 0 Å². The summed E-state index contributed by atoms with van der Waals surface area (Å²) in [6, 6.07) is 0.617. The summed E-state index contributed by atoms with van der Waals surface area (Å²) in [5.41, 5.74) is -0.209. The zero-order valence-electron chi connectivity index (χ0n) is 7.38. The maximum absolute atomic E-state index is 5.59. The molecule has 0 aliphatic carbocycles. The summed E-state index contributed by atoms with van der Waals surface area (Å²) < 4.78 is 10.5. The molecule has 2 atom stereocenters. The van der Waals surface area contributed by atoms with E-state index in [1.807, 2.05) is 0 Å².